The number of carbonyl (C=O) groups is 3. The van der Waals surface area contributed by atoms with Crippen molar-refractivity contribution >= 4 is 29.3 Å². The maximum absolute atomic E-state index is 13.4. The molecule has 2 aliphatic heterocycles. The Balaban J connectivity index is 1.73. The number of para-hydroxylation sites is 1. The van der Waals surface area contributed by atoms with Crippen molar-refractivity contribution in [3.05, 3.63) is 59.2 Å². The molecular weight excluding hydrogens is 358 g/mol. The molecular formula is C21H21N3O4. The molecule has 7 nitrogen and oxygen atoms in total. The van der Waals surface area contributed by atoms with Gasteiger partial charge in [-0.25, -0.2) is 4.79 Å². The number of benzene rings is 2. The highest BCUT2D eigenvalue weighted by Crippen LogP contribution is 2.33. The number of anilines is 2. The number of aliphatic carboxylic acids is 1. The molecule has 0 spiro atoms. The van der Waals surface area contributed by atoms with Crippen molar-refractivity contribution in [1.82, 2.24) is 5.32 Å². The number of hydrogen-bond acceptors (Lipinski definition) is 3. The van der Waals surface area contributed by atoms with Gasteiger partial charge in [0.05, 0.1) is 5.92 Å². The van der Waals surface area contributed by atoms with Gasteiger partial charge < -0.3 is 15.3 Å². The van der Waals surface area contributed by atoms with Gasteiger partial charge in [-0.3, -0.25) is 14.5 Å². The number of rotatable bonds is 3. The van der Waals surface area contributed by atoms with Crippen molar-refractivity contribution in [2.75, 3.05) is 29.4 Å². The highest BCUT2D eigenvalue weighted by molar-refractivity contribution is 6.09. The normalized spacial score (nSPS) is 18.6. The molecule has 2 aromatic carbocycles. The first-order valence-corrected chi connectivity index (χ1v) is 9.25. The number of fused-ring (bicyclic) bond motifs is 1. The first-order chi connectivity index (χ1) is 13.5. The van der Waals surface area contributed by atoms with Crippen LogP contribution in [0.25, 0.3) is 0 Å². The Bertz CT molecular complexity index is 972. The fraction of sp³-hybridized carbons (Fsp3) is 0.286. The highest BCUT2D eigenvalue weighted by Gasteiger charge is 2.33. The van der Waals surface area contributed by atoms with Gasteiger partial charge in [0.1, 0.15) is 0 Å². The van der Waals surface area contributed by atoms with Crippen LogP contribution in [0.3, 0.4) is 0 Å². The van der Waals surface area contributed by atoms with Gasteiger partial charge in [0, 0.05) is 36.6 Å². The van der Waals surface area contributed by atoms with Gasteiger partial charge in [0.15, 0.2) is 0 Å². The van der Waals surface area contributed by atoms with E-state index in [-0.39, 0.29) is 18.5 Å². The summed E-state index contributed by atoms with van der Waals surface area (Å²) in [6, 6.07) is 12.5. The molecule has 0 aromatic heterocycles. The molecule has 0 radical (unpaired) electrons. The monoisotopic (exact) mass is 379 g/mol. The number of nitrogens with one attached hydrogen (secondary N) is 1. The molecule has 1 fully saturated rings. The first-order valence-electron chi connectivity index (χ1n) is 9.25. The number of carboxylic acid groups (broad SMARTS) is 1. The molecule has 1 saturated heterocycles. The van der Waals surface area contributed by atoms with E-state index in [9.17, 15) is 19.5 Å². The van der Waals surface area contributed by atoms with Crippen molar-refractivity contribution in [3.8, 4) is 0 Å². The van der Waals surface area contributed by atoms with Gasteiger partial charge in [-0.2, -0.15) is 0 Å². The number of urea groups is 1. The molecule has 2 N–H and O–H groups in total. The smallest absolute Gasteiger partial charge is 0.322 e. The summed E-state index contributed by atoms with van der Waals surface area (Å²) < 4.78 is 0. The van der Waals surface area contributed by atoms with Crippen molar-refractivity contribution in [2.45, 2.75) is 13.3 Å². The molecule has 7 heteroatoms. The number of carbonyl (C=O) groups excluding carboxylic acids is 2. The van der Waals surface area contributed by atoms with Gasteiger partial charge in [0.2, 0.25) is 0 Å². The van der Waals surface area contributed by atoms with Crippen LogP contribution in [0.5, 0.6) is 0 Å². The summed E-state index contributed by atoms with van der Waals surface area (Å²) >= 11 is 0. The summed E-state index contributed by atoms with van der Waals surface area (Å²) in [5.41, 5.74) is 3.47. The van der Waals surface area contributed by atoms with E-state index in [1.807, 2.05) is 37.3 Å². The van der Waals surface area contributed by atoms with Crippen LogP contribution < -0.4 is 15.1 Å². The summed E-state index contributed by atoms with van der Waals surface area (Å²) in [4.78, 5) is 40.2. The lowest BCUT2D eigenvalue weighted by molar-refractivity contribution is -0.141. The molecule has 1 unspecified atom stereocenters. The molecule has 144 valence electrons. The van der Waals surface area contributed by atoms with Gasteiger partial charge in [0.25, 0.3) is 5.91 Å². The molecule has 2 aromatic rings. The van der Waals surface area contributed by atoms with E-state index in [1.54, 1.807) is 21.9 Å². The van der Waals surface area contributed by atoms with Crippen LogP contribution in [-0.2, 0) is 11.2 Å². The maximum Gasteiger partial charge on any atom is 0.322 e. The van der Waals surface area contributed by atoms with Crippen LogP contribution in [0.2, 0.25) is 0 Å². The third-order valence-corrected chi connectivity index (χ3v) is 5.43. The topological polar surface area (TPSA) is 89.9 Å². The zero-order chi connectivity index (χ0) is 19.8. The fourth-order valence-electron chi connectivity index (χ4n) is 3.95. The lowest BCUT2D eigenvalue weighted by Gasteiger charge is -2.33. The lowest BCUT2D eigenvalue weighted by atomic mass is 9.91. The Kier molecular flexibility index (Phi) is 4.50. The number of nitrogens with zero attached hydrogens (tertiary/aromatic N) is 2. The van der Waals surface area contributed by atoms with Gasteiger partial charge in [-0.15, -0.1) is 0 Å². The zero-order valence-corrected chi connectivity index (χ0v) is 15.5. The summed E-state index contributed by atoms with van der Waals surface area (Å²) in [5, 5.41) is 12.3. The van der Waals surface area contributed by atoms with Crippen molar-refractivity contribution in [3.63, 3.8) is 0 Å². The second-order valence-corrected chi connectivity index (χ2v) is 7.12. The molecule has 28 heavy (non-hydrogen) atoms. The van der Waals surface area contributed by atoms with Crippen LogP contribution in [0, 0.1) is 12.8 Å². The molecule has 0 aliphatic carbocycles. The molecule has 4 rings (SSSR count). The van der Waals surface area contributed by atoms with Gasteiger partial charge in [-0.05, 0) is 42.7 Å². The largest absolute Gasteiger partial charge is 0.481 e. The molecule has 3 amide bonds. The van der Waals surface area contributed by atoms with Crippen molar-refractivity contribution < 1.29 is 19.5 Å². The Morgan fingerprint density at radius 3 is 2.57 bits per heavy atom. The van der Waals surface area contributed by atoms with Crippen LogP contribution in [-0.4, -0.2) is 42.6 Å². The second-order valence-electron chi connectivity index (χ2n) is 7.12. The van der Waals surface area contributed by atoms with E-state index in [4.69, 9.17) is 0 Å². The predicted octanol–water partition coefficient (Wildman–Crippen LogP) is 2.43. The van der Waals surface area contributed by atoms with Crippen molar-refractivity contribution in [2.24, 2.45) is 5.92 Å². The highest BCUT2D eigenvalue weighted by atomic mass is 16.4. The van der Waals surface area contributed by atoms with Crippen LogP contribution in [0.15, 0.2) is 42.5 Å². The van der Waals surface area contributed by atoms with E-state index in [1.165, 1.54) is 0 Å². The summed E-state index contributed by atoms with van der Waals surface area (Å²) in [7, 11) is 0. The standard InChI is InChI=1S/C21H21N3O4/c1-13-16(6-4-8-17(13)23-10-9-22-21(23)28)19(25)24-12-15(20(26)27)11-14-5-2-3-7-18(14)24/h2-8,15H,9-12H2,1H3,(H,22,28)(H,26,27). The zero-order valence-electron chi connectivity index (χ0n) is 15.5. The summed E-state index contributed by atoms with van der Waals surface area (Å²) in [6.45, 7) is 3.05. The molecule has 2 heterocycles. The third kappa shape index (κ3) is 2.98. The van der Waals surface area contributed by atoms with Crippen molar-refractivity contribution in [1.29, 1.82) is 0 Å². The molecule has 0 saturated carbocycles. The fourth-order valence-corrected chi connectivity index (χ4v) is 3.95. The van der Waals surface area contributed by atoms with Gasteiger partial charge >= 0.3 is 12.0 Å². The average Bonchev–Trinajstić information content (AvgIpc) is 3.12. The minimum Gasteiger partial charge on any atom is -0.481 e. The quantitative estimate of drug-likeness (QED) is 0.857. The predicted molar refractivity (Wildman–Crippen MR) is 105 cm³/mol. The third-order valence-electron chi connectivity index (χ3n) is 5.43. The number of hydrogen-bond donors (Lipinski definition) is 2. The Morgan fingerprint density at radius 2 is 1.86 bits per heavy atom. The number of carboxylic acids is 1. The van der Waals surface area contributed by atoms with E-state index in [0.29, 0.717) is 36.3 Å². The molecule has 1 atom stereocenters. The van der Waals surface area contributed by atoms with Crippen LogP contribution in [0.4, 0.5) is 16.2 Å². The molecule has 0 bridgehead atoms. The van der Waals surface area contributed by atoms with E-state index in [0.717, 1.165) is 11.3 Å². The minimum atomic E-state index is -0.911. The van der Waals surface area contributed by atoms with E-state index in [2.05, 4.69) is 5.32 Å². The van der Waals surface area contributed by atoms with Crippen LogP contribution in [0.1, 0.15) is 21.5 Å². The average molecular weight is 379 g/mol. The molecule has 2 aliphatic rings. The Hall–Kier alpha value is -3.35. The van der Waals surface area contributed by atoms with Gasteiger partial charge in [-0.1, -0.05) is 24.3 Å². The number of amides is 3. The lowest BCUT2D eigenvalue weighted by Crippen LogP contribution is -2.43. The minimum absolute atomic E-state index is 0.124. The van der Waals surface area contributed by atoms with E-state index < -0.39 is 11.9 Å². The summed E-state index contributed by atoms with van der Waals surface area (Å²) in [6.07, 6.45) is 0.405. The first kappa shape index (κ1) is 18.0. The Morgan fingerprint density at radius 1 is 1.11 bits per heavy atom. The van der Waals surface area contributed by atoms with E-state index >= 15 is 0 Å². The SMILES string of the molecule is Cc1c(C(=O)N2CC(C(=O)O)Cc3ccccc32)cccc1N1CCNC1=O. The Labute approximate surface area is 162 Å². The summed E-state index contributed by atoms with van der Waals surface area (Å²) in [5.74, 6) is -1.81. The van der Waals surface area contributed by atoms with Crippen LogP contribution >= 0.6 is 0 Å². The maximum atomic E-state index is 13.4. The second kappa shape index (κ2) is 6.99.